The van der Waals surface area contributed by atoms with Gasteiger partial charge in [0.05, 0.1) is 12.8 Å². The fourth-order valence-electron chi connectivity index (χ4n) is 1.31. The summed E-state index contributed by atoms with van der Waals surface area (Å²) in [7, 11) is 1.57. The fraction of sp³-hybridized carbons (Fsp3) is 0.0833. The van der Waals surface area contributed by atoms with Crippen LogP contribution in [0.3, 0.4) is 0 Å². The molecular formula is C12H10BrClN2O2. The summed E-state index contributed by atoms with van der Waals surface area (Å²) < 4.78 is 11.4. The van der Waals surface area contributed by atoms with Crippen LogP contribution in [0, 0.1) is 0 Å². The van der Waals surface area contributed by atoms with E-state index in [1.807, 2.05) is 0 Å². The van der Waals surface area contributed by atoms with Gasteiger partial charge >= 0.3 is 0 Å². The second kappa shape index (κ2) is 5.46. The molecule has 0 aliphatic carbocycles. The second-order valence-corrected chi connectivity index (χ2v) is 4.77. The topological polar surface area (TPSA) is 57.4 Å². The van der Waals surface area contributed by atoms with Crippen LogP contribution in [-0.4, -0.2) is 12.1 Å². The van der Waals surface area contributed by atoms with Gasteiger partial charge in [0, 0.05) is 16.7 Å². The van der Waals surface area contributed by atoms with E-state index in [0.717, 1.165) is 4.47 Å². The van der Waals surface area contributed by atoms with Crippen LogP contribution in [0.25, 0.3) is 0 Å². The molecule has 0 saturated heterocycles. The number of aromatic nitrogens is 1. The van der Waals surface area contributed by atoms with E-state index in [-0.39, 0.29) is 0 Å². The first-order valence-corrected chi connectivity index (χ1v) is 6.19. The number of anilines is 1. The summed E-state index contributed by atoms with van der Waals surface area (Å²) in [5.74, 6) is 1.39. The number of benzene rings is 1. The number of hydrogen-bond acceptors (Lipinski definition) is 4. The molecule has 18 heavy (non-hydrogen) atoms. The van der Waals surface area contributed by atoms with Crippen molar-refractivity contribution in [2.45, 2.75) is 0 Å². The van der Waals surface area contributed by atoms with E-state index >= 15 is 0 Å². The molecule has 0 unspecified atom stereocenters. The van der Waals surface area contributed by atoms with Gasteiger partial charge < -0.3 is 15.2 Å². The third-order valence-corrected chi connectivity index (χ3v) is 2.91. The second-order valence-electron chi connectivity index (χ2n) is 3.45. The summed E-state index contributed by atoms with van der Waals surface area (Å²) in [6.07, 6.45) is 1.59. The van der Waals surface area contributed by atoms with Crippen molar-refractivity contribution in [3.8, 4) is 17.4 Å². The molecule has 0 aliphatic rings. The Morgan fingerprint density at radius 2 is 2.11 bits per heavy atom. The maximum absolute atomic E-state index is 6.02. The van der Waals surface area contributed by atoms with E-state index in [9.17, 15) is 0 Å². The molecule has 2 N–H and O–H groups in total. The summed E-state index contributed by atoms with van der Waals surface area (Å²) in [5, 5.41) is 0.395. The lowest BCUT2D eigenvalue weighted by atomic mass is 10.3. The molecule has 0 bridgehead atoms. The number of halogens is 2. The molecule has 0 radical (unpaired) electrons. The Labute approximate surface area is 118 Å². The molecule has 2 aromatic rings. The zero-order valence-electron chi connectivity index (χ0n) is 9.48. The molecule has 2 rings (SSSR count). The van der Waals surface area contributed by atoms with Crippen molar-refractivity contribution in [3.05, 3.63) is 40.0 Å². The molecule has 0 amide bonds. The van der Waals surface area contributed by atoms with Crippen LogP contribution in [0.15, 0.2) is 34.9 Å². The smallest absolute Gasteiger partial charge is 0.238 e. The minimum Gasteiger partial charge on any atom is -0.497 e. The van der Waals surface area contributed by atoms with Gasteiger partial charge in [0.25, 0.3) is 0 Å². The van der Waals surface area contributed by atoms with Gasteiger partial charge in [-0.3, -0.25) is 0 Å². The highest BCUT2D eigenvalue weighted by Gasteiger charge is 2.09. The molecule has 1 heterocycles. The highest BCUT2D eigenvalue weighted by Crippen LogP contribution is 2.34. The quantitative estimate of drug-likeness (QED) is 0.868. The lowest BCUT2D eigenvalue weighted by Crippen LogP contribution is -1.95. The molecule has 0 saturated carbocycles. The Bertz CT molecular complexity index is 578. The zero-order chi connectivity index (χ0) is 13.1. The summed E-state index contributed by atoms with van der Waals surface area (Å²) >= 11 is 9.29. The lowest BCUT2D eigenvalue weighted by molar-refractivity contribution is 0.408. The average molecular weight is 330 g/mol. The number of pyridine rings is 1. The number of methoxy groups -OCH3 is 1. The molecular weight excluding hydrogens is 320 g/mol. The largest absolute Gasteiger partial charge is 0.497 e. The number of hydrogen-bond donors (Lipinski definition) is 1. The van der Waals surface area contributed by atoms with E-state index in [1.165, 1.54) is 0 Å². The van der Waals surface area contributed by atoms with Crippen LogP contribution >= 0.6 is 27.5 Å². The van der Waals surface area contributed by atoms with Crippen LogP contribution in [-0.2, 0) is 0 Å². The van der Waals surface area contributed by atoms with Gasteiger partial charge in [-0.2, -0.15) is 0 Å². The van der Waals surface area contributed by atoms with Crippen LogP contribution < -0.4 is 15.2 Å². The van der Waals surface area contributed by atoms with Gasteiger partial charge in [0.2, 0.25) is 5.88 Å². The third kappa shape index (κ3) is 2.86. The fourth-order valence-corrected chi connectivity index (χ4v) is 1.98. The van der Waals surface area contributed by atoms with Crippen LogP contribution in [0.2, 0.25) is 5.02 Å². The van der Waals surface area contributed by atoms with E-state index < -0.39 is 0 Å². The maximum atomic E-state index is 6.02. The standard InChI is InChI=1S/C12H10BrClN2O2/c1-17-8-2-3-10(15)11(5-8)18-12-9(14)4-7(13)6-16-12/h2-6H,15H2,1H3. The molecule has 0 atom stereocenters. The maximum Gasteiger partial charge on any atom is 0.238 e. The zero-order valence-corrected chi connectivity index (χ0v) is 11.8. The molecule has 0 fully saturated rings. The van der Waals surface area contributed by atoms with Crippen molar-refractivity contribution in [2.24, 2.45) is 0 Å². The summed E-state index contributed by atoms with van der Waals surface area (Å²) in [6.45, 7) is 0. The Hall–Kier alpha value is -1.46. The number of rotatable bonds is 3. The highest BCUT2D eigenvalue weighted by atomic mass is 79.9. The number of nitrogens with two attached hydrogens (primary N) is 1. The van der Waals surface area contributed by atoms with Crippen molar-refractivity contribution in [2.75, 3.05) is 12.8 Å². The van der Waals surface area contributed by atoms with Crippen molar-refractivity contribution in [3.63, 3.8) is 0 Å². The minimum absolute atomic E-state index is 0.291. The lowest BCUT2D eigenvalue weighted by Gasteiger charge is -2.10. The average Bonchev–Trinajstić information content (AvgIpc) is 2.35. The first-order valence-electron chi connectivity index (χ1n) is 5.02. The van der Waals surface area contributed by atoms with Crippen molar-refractivity contribution in [1.29, 1.82) is 0 Å². The minimum atomic E-state index is 0.291. The number of nitrogens with zero attached hydrogens (tertiary/aromatic N) is 1. The Morgan fingerprint density at radius 1 is 1.33 bits per heavy atom. The van der Waals surface area contributed by atoms with Crippen molar-refractivity contribution < 1.29 is 9.47 Å². The van der Waals surface area contributed by atoms with Gasteiger partial charge in [-0.1, -0.05) is 11.6 Å². The number of ether oxygens (including phenoxy) is 2. The Morgan fingerprint density at radius 3 is 2.78 bits per heavy atom. The third-order valence-electron chi connectivity index (χ3n) is 2.20. The van der Waals surface area contributed by atoms with Crippen molar-refractivity contribution >= 4 is 33.2 Å². The normalized spacial score (nSPS) is 10.2. The highest BCUT2D eigenvalue weighted by molar-refractivity contribution is 9.10. The monoisotopic (exact) mass is 328 g/mol. The SMILES string of the molecule is COc1ccc(N)c(Oc2ncc(Br)cc2Cl)c1. The van der Waals surface area contributed by atoms with E-state index in [1.54, 1.807) is 37.6 Å². The van der Waals surface area contributed by atoms with Gasteiger partial charge in [-0.25, -0.2) is 4.98 Å². The summed E-state index contributed by atoms with van der Waals surface area (Å²) in [6, 6.07) is 6.81. The predicted molar refractivity (Wildman–Crippen MR) is 74.4 cm³/mol. The Balaban J connectivity index is 2.33. The molecule has 1 aromatic carbocycles. The van der Waals surface area contributed by atoms with Gasteiger partial charge in [0.15, 0.2) is 5.75 Å². The molecule has 4 nitrogen and oxygen atoms in total. The van der Waals surface area contributed by atoms with E-state index in [4.69, 9.17) is 26.8 Å². The summed E-state index contributed by atoms with van der Waals surface area (Å²) in [4.78, 5) is 4.07. The summed E-state index contributed by atoms with van der Waals surface area (Å²) in [5.41, 5.74) is 6.29. The Kier molecular flexibility index (Phi) is 3.93. The molecule has 94 valence electrons. The number of nitrogen functional groups attached to an aromatic ring is 1. The molecule has 0 aliphatic heterocycles. The van der Waals surface area contributed by atoms with Gasteiger partial charge in [-0.05, 0) is 34.1 Å². The van der Waals surface area contributed by atoms with Gasteiger partial charge in [-0.15, -0.1) is 0 Å². The molecule has 1 aromatic heterocycles. The molecule has 6 heteroatoms. The first kappa shape index (κ1) is 13.0. The van der Waals surface area contributed by atoms with Crippen molar-refractivity contribution in [1.82, 2.24) is 4.98 Å². The molecule has 0 spiro atoms. The predicted octanol–water partition coefficient (Wildman–Crippen LogP) is 3.88. The van der Waals surface area contributed by atoms with E-state index in [2.05, 4.69) is 20.9 Å². The van der Waals surface area contributed by atoms with Crippen LogP contribution in [0.4, 0.5) is 5.69 Å². The van der Waals surface area contributed by atoms with Gasteiger partial charge in [0.1, 0.15) is 10.8 Å². The van der Waals surface area contributed by atoms with Crippen LogP contribution in [0.1, 0.15) is 0 Å². The van der Waals surface area contributed by atoms with E-state index in [0.29, 0.717) is 28.1 Å². The first-order chi connectivity index (χ1) is 8.60. The van der Waals surface area contributed by atoms with Crippen LogP contribution in [0.5, 0.6) is 17.4 Å².